The Morgan fingerprint density at radius 1 is 0.792 bits per heavy atom. The van der Waals surface area contributed by atoms with Crippen molar-refractivity contribution < 1.29 is 55.2 Å². The maximum Gasteiger partial charge on any atom is 0.416 e. The van der Waals surface area contributed by atoms with Gasteiger partial charge in [-0.3, -0.25) is 4.79 Å². The lowest BCUT2D eigenvalue weighted by molar-refractivity contribution is -0.185. The summed E-state index contributed by atoms with van der Waals surface area (Å²) in [4.78, 5) is 23.3. The van der Waals surface area contributed by atoms with Crippen LogP contribution in [-0.4, -0.2) is 32.9 Å². The molecule has 0 amide bonds. The van der Waals surface area contributed by atoms with E-state index >= 15 is 0 Å². The number of ether oxygens (including phenoxy) is 3. The number of hydrogen-bond donors (Lipinski definition) is 1. The number of alkyl halides is 6. The lowest BCUT2D eigenvalue weighted by Crippen LogP contribution is -2.29. The molecule has 15 heteroatoms. The summed E-state index contributed by atoms with van der Waals surface area (Å²) in [7, 11) is 0. The Labute approximate surface area is 271 Å². The third kappa shape index (κ3) is 6.46. The average Bonchev–Trinajstić information content (AvgIpc) is 3.78. The molecule has 5 aromatic rings. The van der Waals surface area contributed by atoms with Crippen molar-refractivity contribution in [2.75, 3.05) is 6.79 Å². The minimum atomic E-state index is -4.49. The Bertz CT molecular complexity index is 2040. The zero-order valence-corrected chi connectivity index (χ0v) is 24.9. The number of fused-ring (bicyclic) bond motifs is 2. The summed E-state index contributed by atoms with van der Waals surface area (Å²) in [6.07, 6.45) is -8.38. The number of halogens is 6. The van der Waals surface area contributed by atoms with Crippen molar-refractivity contribution in [2.45, 2.75) is 24.6 Å². The van der Waals surface area contributed by atoms with Gasteiger partial charge in [0.25, 0.3) is 5.79 Å². The fraction of sp³-hybridized carbons (Fsp3) is 0.152. The molecule has 0 saturated heterocycles. The first-order chi connectivity index (χ1) is 22.8. The Morgan fingerprint density at radius 2 is 1.42 bits per heavy atom. The van der Waals surface area contributed by atoms with Crippen LogP contribution in [0.15, 0.2) is 90.5 Å². The highest BCUT2D eigenvalue weighted by atomic mass is 32.1. The number of aldehydes is 1. The van der Waals surface area contributed by atoms with E-state index in [4.69, 9.17) is 14.2 Å². The molecule has 0 saturated carbocycles. The molecule has 0 aliphatic carbocycles. The largest absolute Gasteiger partial charge is 0.454 e. The van der Waals surface area contributed by atoms with Gasteiger partial charge in [-0.1, -0.05) is 30.3 Å². The fourth-order valence-corrected chi connectivity index (χ4v) is 5.60. The van der Waals surface area contributed by atoms with Crippen LogP contribution >= 0.6 is 11.7 Å². The smallest absolute Gasteiger partial charge is 0.416 e. The number of aromatic nitrogens is 2. The van der Waals surface area contributed by atoms with Gasteiger partial charge in [-0.2, -0.15) is 35.1 Å². The molecule has 8 nitrogen and oxygen atoms in total. The van der Waals surface area contributed by atoms with E-state index in [2.05, 4.69) is 8.75 Å². The number of cyclic esters (lactones) is 1. The van der Waals surface area contributed by atoms with Crippen LogP contribution in [0, 0.1) is 0 Å². The van der Waals surface area contributed by atoms with E-state index in [1.165, 1.54) is 12.1 Å². The molecule has 246 valence electrons. The van der Waals surface area contributed by atoms with Gasteiger partial charge in [0.05, 0.1) is 28.4 Å². The molecule has 2 aliphatic heterocycles. The predicted octanol–water partition coefficient (Wildman–Crippen LogP) is 7.36. The Kier molecular flexibility index (Phi) is 8.43. The second kappa shape index (κ2) is 12.4. The third-order valence-electron chi connectivity index (χ3n) is 7.50. The minimum absolute atomic E-state index is 0.0340. The number of hydrogen-bond acceptors (Lipinski definition) is 9. The molecule has 2 aliphatic rings. The minimum Gasteiger partial charge on any atom is -0.454 e. The molecule has 4 aromatic carbocycles. The first-order valence-corrected chi connectivity index (χ1v) is 14.6. The molecule has 3 heterocycles. The van der Waals surface area contributed by atoms with Gasteiger partial charge in [-0.05, 0) is 65.7 Å². The standard InChI is InChI=1S/C25H15F3N2O5S.C8H5F3O/c26-25(27,28)15-4-1-13(2-5-15)9-17-22(14-3-8-20-21(10-14)34-12-33-20)23(31)35-24(17,32)16-6-7-18-19(11-16)30-36-29-18;9-8(10,11)7-3-1-6(5-12)2-4-7/h1-8,10-11,32H,9,12H2;1-5H. The van der Waals surface area contributed by atoms with E-state index < -0.39 is 35.2 Å². The van der Waals surface area contributed by atoms with Crippen LogP contribution in [-0.2, 0) is 34.1 Å². The molecule has 1 atom stereocenters. The van der Waals surface area contributed by atoms with E-state index in [9.17, 15) is 41.0 Å². The average molecular weight is 687 g/mol. The number of rotatable bonds is 5. The molecule has 1 unspecified atom stereocenters. The summed E-state index contributed by atoms with van der Waals surface area (Å²) < 4.78 is 99.7. The highest BCUT2D eigenvalue weighted by molar-refractivity contribution is 7.00. The zero-order valence-electron chi connectivity index (χ0n) is 24.1. The van der Waals surface area contributed by atoms with Crippen molar-refractivity contribution in [1.82, 2.24) is 8.75 Å². The molecule has 7 rings (SSSR count). The Balaban J connectivity index is 0.000000284. The van der Waals surface area contributed by atoms with Crippen LogP contribution in [0.2, 0.25) is 0 Å². The number of nitrogens with zero attached hydrogens (tertiary/aromatic N) is 2. The monoisotopic (exact) mass is 686 g/mol. The number of carbonyl (C=O) groups is 2. The first-order valence-electron chi connectivity index (χ1n) is 13.9. The van der Waals surface area contributed by atoms with Crippen molar-refractivity contribution in [1.29, 1.82) is 0 Å². The lowest BCUT2D eigenvalue weighted by atomic mass is 9.87. The SMILES string of the molecule is O=C1OC(O)(c2ccc3nsnc3c2)C(Cc2ccc(C(F)(F)F)cc2)=C1c1ccc2c(c1)OCO2.O=Cc1ccc(C(F)(F)F)cc1. The zero-order chi connectivity index (χ0) is 34.3. The van der Waals surface area contributed by atoms with Crippen LogP contribution in [0.3, 0.4) is 0 Å². The van der Waals surface area contributed by atoms with Gasteiger partial charge in [0.2, 0.25) is 6.79 Å². The molecule has 1 N–H and O–H groups in total. The normalized spacial score (nSPS) is 17.3. The topological polar surface area (TPSA) is 108 Å². The molecule has 0 bridgehead atoms. The first kappa shape index (κ1) is 32.7. The number of esters is 1. The molecule has 0 fully saturated rings. The summed E-state index contributed by atoms with van der Waals surface area (Å²) in [5.41, 5.74) is 1.19. The summed E-state index contributed by atoms with van der Waals surface area (Å²) >= 11 is 1.00. The van der Waals surface area contributed by atoms with Crippen molar-refractivity contribution in [3.8, 4) is 11.5 Å². The van der Waals surface area contributed by atoms with Crippen LogP contribution in [0.4, 0.5) is 26.3 Å². The van der Waals surface area contributed by atoms with Crippen molar-refractivity contribution >= 4 is 40.6 Å². The molecule has 0 spiro atoms. The number of aliphatic hydroxyl groups is 1. The second-order valence-electron chi connectivity index (χ2n) is 10.5. The van der Waals surface area contributed by atoms with Gasteiger partial charge in [-0.25, -0.2) is 4.79 Å². The molecule has 0 radical (unpaired) electrons. The van der Waals surface area contributed by atoms with Gasteiger partial charge >= 0.3 is 18.3 Å². The summed E-state index contributed by atoms with van der Waals surface area (Å²) in [5.74, 6) is -2.03. The van der Waals surface area contributed by atoms with E-state index in [0.717, 1.165) is 48.1 Å². The van der Waals surface area contributed by atoms with E-state index in [-0.39, 0.29) is 35.5 Å². The van der Waals surface area contributed by atoms with Gasteiger partial charge < -0.3 is 19.3 Å². The molecular formula is C33H20F6N2O6S. The summed E-state index contributed by atoms with van der Waals surface area (Å²) in [6, 6.07) is 18.2. The number of benzene rings is 4. The van der Waals surface area contributed by atoms with Gasteiger partial charge in [0.1, 0.15) is 17.3 Å². The number of carbonyl (C=O) groups excluding carboxylic acids is 2. The summed E-state index contributed by atoms with van der Waals surface area (Å²) in [5, 5.41) is 11.8. The van der Waals surface area contributed by atoms with Crippen LogP contribution in [0.5, 0.6) is 11.5 Å². The van der Waals surface area contributed by atoms with E-state index in [1.54, 1.807) is 36.4 Å². The van der Waals surface area contributed by atoms with E-state index in [1.807, 2.05) is 0 Å². The maximum absolute atomic E-state index is 13.2. The van der Waals surface area contributed by atoms with Gasteiger partial charge in [0, 0.05) is 23.1 Å². The van der Waals surface area contributed by atoms with Gasteiger partial charge in [-0.15, -0.1) is 0 Å². The third-order valence-corrected chi connectivity index (χ3v) is 8.05. The Morgan fingerprint density at radius 3 is 2.06 bits per heavy atom. The Hall–Kier alpha value is -5.28. The van der Waals surface area contributed by atoms with Crippen molar-refractivity contribution in [3.63, 3.8) is 0 Å². The molecule has 1 aromatic heterocycles. The molecular weight excluding hydrogens is 666 g/mol. The van der Waals surface area contributed by atoms with Crippen LogP contribution in [0.25, 0.3) is 16.6 Å². The van der Waals surface area contributed by atoms with Crippen molar-refractivity contribution in [3.05, 3.63) is 124 Å². The highest BCUT2D eigenvalue weighted by Crippen LogP contribution is 2.47. The van der Waals surface area contributed by atoms with Crippen molar-refractivity contribution in [2.24, 2.45) is 0 Å². The predicted molar refractivity (Wildman–Crippen MR) is 159 cm³/mol. The van der Waals surface area contributed by atoms with Gasteiger partial charge in [0.15, 0.2) is 11.5 Å². The second-order valence-corrected chi connectivity index (χ2v) is 11.1. The van der Waals surface area contributed by atoms with E-state index in [0.29, 0.717) is 39.9 Å². The lowest BCUT2D eigenvalue weighted by Gasteiger charge is -2.25. The maximum atomic E-state index is 13.2. The highest BCUT2D eigenvalue weighted by Gasteiger charge is 2.48. The summed E-state index contributed by atoms with van der Waals surface area (Å²) in [6.45, 7) is 0.0340. The quantitative estimate of drug-likeness (QED) is 0.116. The fourth-order valence-electron chi connectivity index (χ4n) is 5.08. The van der Waals surface area contributed by atoms with Crippen LogP contribution < -0.4 is 9.47 Å². The molecule has 48 heavy (non-hydrogen) atoms. The van der Waals surface area contributed by atoms with Crippen LogP contribution in [0.1, 0.15) is 38.2 Å².